The SMILES string of the molecule is [2H]c1[c-]c(-n2[c-]c([2H])c(-c3c([2H])c([2H])c([2H])c([2H])c3[2H])c2[2H])c([2H])c([2H])c1[2H].[Ir]. The topological polar surface area (TPSA) is 4.93 Å². The van der Waals surface area contributed by atoms with Gasteiger partial charge in [0.1, 0.15) is 0 Å². The fourth-order valence-corrected chi connectivity index (χ4v) is 1.24. The van der Waals surface area contributed by atoms with E-state index >= 15 is 0 Å². The van der Waals surface area contributed by atoms with Crippen molar-refractivity contribution in [2.45, 2.75) is 0 Å². The van der Waals surface area contributed by atoms with Crippen molar-refractivity contribution in [3.05, 3.63) is 78.9 Å². The molecule has 0 unspecified atom stereocenters. The largest absolute Gasteiger partial charge is 0.471 e. The van der Waals surface area contributed by atoms with Gasteiger partial charge in [0, 0.05) is 25.6 Å². The van der Waals surface area contributed by atoms with Gasteiger partial charge in [0.15, 0.2) is 0 Å². The van der Waals surface area contributed by atoms with E-state index < -0.39 is 66.6 Å². The van der Waals surface area contributed by atoms with E-state index in [4.69, 9.17) is 15.1 Å². The van der Waals surface area contributed by atoms with Crippen LogP contribution in [-0.4, -0.2) is 4.57 Å². The third-order valence-corrected chi connectivity index (χ3v) is 1.98. The number of para-hydroxylation sites is 1. The van der Waals surface area contributed by atoms with E-state index in [9.17, 15) is 0 Å². The standard InChI is InChI=1S/C16H11N.Ir/c1-3-7-14(8-4-1)15-11-12-17(13-15)16-9-5-2-6-10-16;/h1-9,11,13H;/q-2;/i1D,2D,3D,4D,5D,6D,7D,8D,9D,11D,13D;. The molecule has 18 heavy (non-hydrogen) atoms. The van der Waals surface area contributed by atoms with Crippen molar-refractivity contribution in [3.8, 4) is 16.8 Å². The first-order valence-corrected chi connectivity index (χ1v) is 4.67. The van der Waals surface area contributed by atoms with E-state index in [1.165, 1.54) is 0 Å². The van der Waals surface area contributed by atoms with Crippen LogP contribution >= 0.6 is 0 Å². The molecule has 1 radical (unpaired) electrons. The predicted octanol–water partition coefficient (Wildman–Crippen LogP) is 3.74. The second-order valence-corrected chi connectivity index (χ2v) is 3.03. The molecule has 0 aliphatic carbocycles. The molecular weight excluding hydrogens is 398 g/mol. The molecule has 0 saturated carbocycles. The number of hydrogen-bond donors (Lipinski definition) is 0. The van der Waals surface area contributed by atoms with Crippen LogP contribution < -0.4 is 0 Å². The molecule has 3 rings (SSSR count). The molecule has 0 bridgehead atoms. The molecule has 1 aromatic heterocycles. The summed E-state index contributed by atoms with van der Waals surface area (Å²) < 4.78 is 87.4. The molecule has 0 atom stereocenters. The van der Waals surface area contributed by atoms with Crippen LogP contribution in [0.1, 0.15) is 15.1 Å². The average molecular weight is 421 g/mol. The molecule has 0 N–H and O–H groups in total. The van der Waals surface area contributed by atoms with Gasteiger partial charge in [-0.1, -0.05) is 42.0 Å². The first kappa shape index (κ1) is 4.80. The van der Waals surface area contributed by atoms with Gasteiger partial charge in [0.25, 0.3) is 0 Å². The molecule has 0 amide bonds. The summed E-state index contributed by atoms with van der Waals surface area (Å²) in [7, 11) is 0. The molecule has 3 aromatic rings. The second-order valence-electron chi connectivity index (χ2n) is 3.03. The van der Waals surface area contributed by atoms with Gasteiger partial charge < -0.3 is 4.57 Å². The molecule has 1 nitrogen and oxygen atoms in total. The van der Waals surface area contributed by atoms with Crippen LogP contribution in [0.25, 0.3) is 16.8 Å². The molecule has 0 spiro atoms. The third kappa shape index (κ3) is 2.61. The normalized spacial score (nSPS) is 18.3. The molecule has 2 aromatic carbocycles. The van der Waals surface area contributed by atoms with Crippen LogP contribution in [0.4, 0.5) is 0 Å². The van der Waals surface area contributed by atoms with Gasteiger partial charge in [-0.3, -0.25) is 0 Å². The fraction of sp³-hybridized carbons (Fsp3) is 0. The Morgan fingerprint density at radius 1 is 0.944 bits per heavy atom. The first-order chi connectivity index (χ1) is 13.0. The van der Waals surface area contributed by atoms with Crippen molar-refractivity contribution >= 4 is 0 Å². The Balaban J connectivity index is 0.00000300. The minimum Gasteiger partial charge on any atom is -0.471 e. The minimum atomic E-state index is -0.615. The van der Waals surface area contributed by atoms with Gasteiger partial charge >= 0.3 is 0 Å². The van der Waals surface area contributed by atoms with Crippen molar-refractivity contribution in [2.75, 3.05) is 0 Å². The second kappa shape index (κ2) is 5.81. The zero-order chi connectivity index (χ0) is 21.1. The zero-order valence-electron chi connectivity index (χ0n) is 19.8. The van der Waals surface area contributed by atoms with Crippen LogP contribution in [0, 0.1) is 12.3 Å². The Morgan fingerprint density at radius 3 is 2.56 bits per heavy atom. The summed E-state index contributed by atoms with van der Waals surface area (Å²) in [6.45, 7) is 0. The smallest absolute Gasteiger partial charge is 0.0623 e. The first-order valence-electron chi connectivity index (χ1n) is 10.2. The van der Waals surface area contributed by atoms with E-state index in [1.807, 2.05) is 0 Å². The van der Waals surface area contributed by atoms with Crippen LogP contribution in [0.15, 0.2) is 66.6 Å². The maximum Gasteiger partial charge on any atom is 0.0623 e. The maximum atomic E-state index is 8.32. The maximum absolute atomic E-state index is 8.32. The van der Waals surface area contributed by atoms with E-state index in [-0.39, 0.29) is 36.9 Å². The Labute approximate surface area is 136 Å². The Hall–Kier alpha value is -1.63. The predicted molar refractivity (Wildman–Crippen MR) is 68.9 cm³/mol. The summed E-state index contributed by atoms with van der Waals surface area (Å²) in [4.78, 5) is 0. The van der Waals surface area contributed by atoms with Crippen molar-refractivity contribution in [2.24, 2.45) is 0 Å². The molecule has 1 heterocycles. The summed E-state index contributed by atoms with van der Waals surface area (Å²) in [5.41, 5.74) is -0.905. The molecule has 0 saturated heterocycles. The number of hydrogen-bond acceptors (Lipinski definition) is 0. The van der Waals surface area contributed by atoms with Crippen LogP contribution in [0.5, 0.6) is 0 Å². The van der Waals surface area contributed by atoms with E-state index in [0.717, 1.165) is 4.57 Å². The van der Waals surface area contributed by atoms with Crippen LogP contribution in [0.3, 0.4) is 0 Å². The van der Waals surface area contributed by atoms with Gasteiger partial charge in [-0.05, 0) is 2.74 Å². The summed E-state index contributed by atoms with van der Waals surface area (Å²) in [5.74, 6) is 0. The van der Waals surface area contributed by atoms with Gasteiger partial charge in [0.05, 0.1) is 6.85 Å². The van der Waals surface area contributed by atoms with Crippen molar-refractivity contribution in [3.63, 3.8) is 0 Å². The Kier molecular flexibility index (Phi) is 1.55. The Bertz CT molecular complexity index is 1110. The monoisotopic (exact) mass is 421 g/mol. The minimum absolute atomic E-state index is 0. The molecule has 91 valence electrons. The van der Waals surface area contributed by atoms with Gasteiger partial charge in [-0.25, -0.2) is 6.07 Å². The summed E-state index contributed by atoms with van der Waals surface area (Å²) >= 11 is 0. The molecule has 0 aliphatic heterocycles. The van der Waals surface area contributed by atoms with E-state index in [1.54, 1.807) is 0 Å². The van der Waals surface area contributed by atoms with Gasteiger partial charge in [0.2, 0.25) is 0 Å². The summed E-state index contributed by atoms with van der Waals surface area (Å²) in [6, 6.07) is -3.12. The van der Waals surface area contributed by atoms with Crippen LogP contribution in [-0.2, 0) is 20.1 Å². The number of rotatable bonds is 2. The molecule has 2 heteroatoms. The Morgan fingerprint density at radius 2 is 1.72 bits per heavy atom. The number of aromatic nitrogens is 1. The summed E-state index contributed by atoms with van der Waals surface area (Å²) in [6.07, 6.45) is 1.92. The van der Waals surface area contributed by atoms with Gasteiger partial charge in [-0.15, -0.1) is 17.8 Å². The number of nitrogens with zero attached hydrogens (tertiary/aromatic N) is 1. The average Bonchev–Trinajstić information content (AvgIpc) is 2.94. The molecule has 0 fully saturated rings. The van der Waals surface area contributed by atoms with Crippen molar-refractivity contribution < 1.29 is 35.2 Å². The fourth-order valence-electron chi connectivity index (χ4n) is 1.24. The van der Waals surface area contributed by atoms with E-state index in [0.29, 0.717) is 0 Å². The zero-order valence-corrected chi connectivity index (χ0v) is 11.2. The van der Waals surface area contributed by atoms with Gasteiger partial charge in [-0.2, -0.15) is 29.9 Å². The quantitative estimate of drug-likeness (QED) is 0.557. The third-order valence-electron chi connectivity index (χ3n) is 1.98. The summed E-state index contributed by atoms with van der Waals surface area (Å²) in [5, 5.41) is 0. The van der Waals surface area contributed by atoms with Crippen LogP contribution in [0.2, 0.25) is 0 Å². The molecule has 0 aliphatic rings. The van der Waals surface area contributed by atoms with Crippen molar-refractivity contribution in [1.82, 2.24) is 4.57 Å². The van der Waals surface area contributed by atoms with Crippen molar-refractivity contribution in [1.29, 1.82) is 0 Å². The molecular formula is C16H11IrN-2. The number of benzene rings is 2. The van der Waals surface area contributed by atoms with E-state index in [2.05, 4.69) is 12.3 Å².